The van der Waals surface area contributed by atoms with Gasteiger partial charge in [0.25, 0.3) is 0 Å². The molecule has 1 N–H and O–H groups in total. The van der Waals surface area contributed by atoms with Crippen LogP contribution in [0.1, 0.15) is 29.7 Å². The molecule has 0 aliphatic rings. The Kier molecular flexibility index (Phi) is 4.21. The van der Waals surface area contributed by atoms with Crippen molar-refractivity contribution in [1.29, 1.82) is 0 Å². The minimum Gasteiger partial charge on any atom is -0.306 e. The first kappa shape index (κ1) is 12.6. The molecule has 2 aromatic rings. The molecule has 0 amide bonds. The lowest BCUT2D eigenvalue weighted by molar-refractivity contribution is 0.629. The Morgan fingerprint density at radius 1 is 1.35 bits per heavy atom. The third-order valence-corrected chi connectivity index (χ3v) is 3.76. The first-order valence-electron chi connectivity index (χ1n) is 5.74. The maximum Gasteiger partial charge on any atom is 0.0587 e. The standard InChI is InChI=1S/C14H16ClNS/c1-3-16-14(11-6-7-17-9-11)13-5-4-12(15)8-10(13)2/h4-9,14,16H,3H2,1-2H3. The predicted octanol–water partition coefficient (Wildman–Crippen LogP) is 4.41. The van der Waals surface area contributed by atoms with Crippen LogP contribution in [0.2, 0.25) is 5.02 Å². The lowest BCUT2D eigenvalue weighted by Crippen LogP contribution is -2.22. The van der Waals surface area contributed by atoms with Crippen molar-refractivity contribution in [1.82, 2.24) is 5.32 Å². The Balaban J connectivity index is 2.39. The van der Waals surface area contributed by atoms with E-state index in [1.807, 2.05) is 12.1 Å². The van der Waals surface area contributed by atoms with E-state index in [4.69, 9.17) is 11.6 Å². The van der Waals surface area contributed by atoms with E-state index in [1.165, 1.54) is 16.7 Å². The highest BCUT2D eigenvalue weighted by Gasteiger charge is 2.15. The van der Waals surface area contributed by atoms with Crippen LogP contribution in [0.4, 0.5) is 0 Å². The molecule has 1 aromatic carbocycles. The first-order valence-corrected chi connectivity index (χ1v) is 7.06. The Morgan fingerprint density at radius 2 is 2.18 bits per heavy atom. The number of hydrogen-bond donors (Lipinski definition) is 1. The third-order valence-electron chi connectivity index (χ3n) is 2.83. The molecule has 3 heteroatoms. The fraction of sp³-hybridized carbons (Fsp3) is 0.286. The van der Waals surface area contributed by atoms with E-state index in [9.17, 15) is 0 Å². The lowest BCUT2D eigenvalue weighted by atomic mass is 9.97. The van der Waals surface area contributed by atoms with Gasteiger partial charge in [0.1, 0.15) is 0 Å². The van der Waals surface area contributed by atoms with Crippen LogP contribution in [0, 0.1) is 6.92 Å². The average Bonchev–Trinajstić information content (AvgIpc) is 2.80. The van der Waals surface area contributed by atoms with Gasteiger partial charge in [-0.15, -0.1) is 0 Å². The van der Waals surface area contributed by atoms with E-state index < -0.39 is 0 Å². The molecule has 1 aromatic heterocycles. The van der Waals surface area contributed by atoms with Crippen molar-refractivity contribution in [3.63, 3.8) is 0 Å². The van der Waals surface area contributed by atoms with E-state index in [2.05, 4.69) is 42.1 Å². The molecule has 0 aliphatic heterocycles. The predicted molar refractivity (Wildman–Crippen MR) is 76.0 cm³/mol. The molecule has 0 saturated heterocycles. The van der Waals surface area contributed by atoms with Crippen molar-refractivity contribution >= 4 is 22.9 Å². The number of nitrogens with one attached hydrogen (secondary N) is 1. The van der Waals surface area contributed by atoms with Crippen LogP contribution in [0.5, 0.6) is 0 Å². The Bertz CT molecular complexity index is 479. The molecule has 17 heavy (non-hydrogen) atoms. The van der Waals surface area contributed by atoms with Crippen LogP contribution < -0.4 is 5.32 Å². The van der Waals surface area contributed by atoms with Gasteiger partial charge < -0.3 is 5.32 Å². The number of aryl methyl sites for hydroxylation is 1. The van der Waals surface area contributed by atoms with Gasteiger partial charge in [-0.05, 0) is 59.1 Å². The monoisotopic (exact) mass is 265 g/mol. The molecule has 0 saturated carbocycles. The summed E-state index contributed by atoms with van der Waals surface area (Å²) in [5.74, 6) is 0. The second-order valence-corrected chi connectivity index (χ2v) is 5.26. The van der Waals surface area contributed by atoms with E-state index >= 15 is 0 Å². The molecule has 1 unspecified atom stereocenters. The highest BCUT2D eigenvalue weighted by atomic mass is 35.5. The minimum atomic E-state index is 0.267. The average molecular weight is 266 g/mol. The van der Waals surface area contributed by atoms with Gasteiger partial charge in [-0.1, -0.05) is 24.6 Å². The van der Waals surface area contributed by atoms with Crippen molar-refractivity contribution in [2.45, 2.75) is 19.9 Å². The third kappa shape index (κ3) is 2.89. The lowest BCUT2D eigenvalue weighted by Gasteiger charge is -2.19. The zero-order chi connectivity index (χ0) is 12.3. The number of rotatable bonds is 4. The zero-order valence-electron chi connectivity index (χ0n) is 10.0. The molecule has 90 valence electrons. The highest BCUT2D eigenvalue weighted by Crippen LogP contribution is 2.28. The Hall–Kier alpha value is -0.830. The number of halogens is 1. The number of benzene rings is 1. The molecule has 2 rings (SSSR count). The summed E-state index contributed by atoms with van der Waals surface area (Å²) in [6.07, 6.45) is 0. The first-order chi connectivity index (χ1) is 8.22. The number of hydrogen-bond acceptors (Lipinski definition) is 2. The maximum absolute atomic E-state index is 6.01. The quantitative estimate of drug-likeness (QED) is 0.864. The zero-order valence-corrected chi connectivity index (χ0v) is 11.6. The molecule has 1 atom stereocenters. The Morgan fingerprint density at radius 3 is 2.76 bits per heavy atom. The molecule has 0 bridgehead atoms. The van der Waals surface area contributed by atoms with Crippen LogP contribution >= 0.6 is 22.9 Å². The van der Waals surface area contributed by atoms with Gasteiger partial charge in [0, 0.05) is 5.02 Å². The number of thiophene rings is 1. The molecule has 0 fully saturated rings. The summed E-state index contributed by atoms with van der Waals surface area (Å²) in [4.78, 5) is 0. The topological polar surface area (TPSA) is 12.0 Å². The summed E-state index contributed by atoms with van der Waals surface area (Å²) >= 11 is 7.74. The molecular weight excluding hydrogens is 250 g/mol. The van der Waals surface area contributed by atoms with Gasteiger partial charge in [-0.2, -0.15) is 11.3 Å². The van der Waals surface area contributed by atoms with Crippen LogP contribution in [-0.4, -0.2) is 6.54 Å². The summed E-state index contributed by atoms with van der Waals surface area (Å²) in [5, 5.41) is 8.63. The fourth-order valence-electron chi connectivity index (χ4n) is 2.01. The van der Waals surface area contributed by atoms with E-state index in [0.717, 1.165) is 11.6 Å². The van der Waals surface area contributed by atoms with E-state index in [0.29, 0.717) is 0 Å². The molecule has 0 spiro atoms. The van der Waals surface area contributed by atoms with Crippen molar-refractivity contribution in [3.8, 4) is 0 Å². The summed E-state index contributed by atoms with van der Waals surface area (Å²) in [6.45, 7) is 5.19. The summed E-state index contributed by atoms with van der Waals surface area (Å²) < 4.78 is 0. The van der Waals surface area contributed by atoms with Gasteiger partial charge in [0.2, 0.25) is 0 Å². The van der Waals surface area contributed by atoms with Crippen molar-refractivity contribution < 1.29 is 0 Å². The van der Waals surface area contributed by atoms with Crippen LogP contribution in [0.15, 0.2) is 35.0 Å². The van der Waals surface area contributed by atoms with Crippen LogP contribution in [0.25, 0.3) is 0 Å². The second-order valence-electron chi connectivity index (χ2n) is 4.05. The minimum absolute atomic E-state index is 0.267. The smallest absolute Gasteiger partial charge is 0.0587 e. The summed E-state index contributed by atoms with van der Waals surface area (Å²) in [5.41, 5.74) is 3.85. The Labute approximate surface area is 111 Å². The van der Waals surface area contributed by atoms with E-state index in [-0.39, 0.29) is 6.04 Å². The molecule has 1 heterocycles. The molecular formula is C14H16ClNS. The van der Waals surface area contributed by atoms with Crippen molar-refractivity contribution in [3.05, 3.63) is 56.7 Å². The largest absolute Gasteiger partial charge is 0.306 e. The van der Waals surface area contributed by atoms with Gasteiger partial charge in [0.15, 0.2) is 0 Å². The molecule has 0 radical (unpaired) electrons. The van der Waals surface area contributed by atoms with Crippen LogP contribution in [-0.2, 0) is 0 Å². The van der Waals surface area contributed by atoms with Gasteiger partial charge in [-0.3, -0.25) is 0 Å². The molecule has 0 aliphatic carbocycles. The van der Waals surface area contributed by atoms with Gasteiger partial charge in [0.05, 0.1) is 6.04 Å². The van der Waals surface area contributed by atoms with Crippen molar-refractivity contribution in [2.75, 3.05) is 6.54 Å². The van der Waals surface area contributed by atoms with Crippen molar-refractivity contribution in [2.24, 2.45) is 0 Å². The van der Waals surface area contributed by atoms with E-state index in [1.54, 1.807) is 11.3 Å². The highest BCUT2D eigenvalue weighted by molar-refractivity contribution is 7.08. The summed E-state index contributed by atoms with van der Waals surface area (Å²) in [7, 11) is 0. The second kappa shape index (κ2) is 5.67. The normalized spacial score (nSPS) is 12.6. The van der Waals surface area contributed by atoms with Crippen LogP contribution in [0.3, 0.4) is 0 Å². The SMILES string of the molecule is CCNC(c1ccsc1)c1ccc(Cl)cc1C. The van der Waals surface area contributed by atoms with Gasteiger partial charge in [-0.25, -0.2) is 0 Å². The maximum atomic E-state index is 6.01. The van der Waals surface area contributed by atoms with Gasteiger partial charge >= 0.3 is 0 Å². The fourth-order valence-corrected chi connectivity index (χ4v) is 2.93. The summed E-state index contributed by atoms with van der Waals surface area (Å²) in [6, 6.07) is 8.53. The molecule has 1 nitrogen and oxygen atoms in total.